The van der Waals surface area contributed by atoms with Gasteiger partial charge in [0.2, 0.25) is 10.0 Å². The van der Waals surface area contributed by atoms with E-state index in [-0.39, 0.29) is 17.0 Å². The predicted molar refractivity (Wildman–Crippen MR) is 80.7 cm³/mol. The lowest BCUT2D eigenvalue weighted by molar-refractivity contribution is -0.0840. The highest BCUT2D eigenvalue weighted by Gasteiger charge is 2.40. The van der Waals surface area contributed by atoms with E-state index in [1.807, 2.05) is 7.05 Å². The standard InChI is InChI=1S/C15H21FN2O3S/c1-11-3-4-12(16)15(9-11)22(19,20)18-6-5-14-13(10-18)17(2)7-8-21-14/h3-4,9,13-14H,5-8,10H2,1-2H3. The SMILES string of the molecule is Cc1ccc(F)c(S(=O)(=O)N2CCC3OCCN(C)C3C2)c1. The number of ether oxygens (including phenoxy) is 1. The zero-order valence-corrected chi connectivity index (χ0v) is 13.6. The Hall–Kier alpha value is -1.02. The fraction of sp³-hybridized carbons (Fsp3) is 0.600. The molecule has 1 aromatic rings. The first-order valence-electron chi connectivity index (χ1n) is 7.48. The fourth-order valence-electron chi connectivity index (χ4n) is 3.18. The van der Waals surface area contributed by atoms with Gasteiger partial charge in [-0.25, -0.2) is 12.8 Å². The number of sulfonamides is 1. The molecule has 22 heavy (non-hydrogen) atoms. The summed E-state index contributed by atoms with van der Waals surface area (Å²) in [6, 6.07) is 4.22. The smallest absolute Gasteiger partial charge is 0.246 e. The van der Waals surface area contributed by atoms with Gasteiger partial charge in [-0.05, 0) is 38.1 Å². The topological polar surface area (TPSA) is 49.9 Å². The lowest BCUT2D eigenvalue weighted by Gasteiger charge is -2.45. The van der Waals surface area contributed by atoms with Gasteiger partial charge in [-0.3, -0.25) is 4.90 Å². The quantitative estimate of drug-likeness (QED) is 0.819. The molecular weight excluding hydrogens is 307 g/mol. The molecule has 5 nitrogen and oxygen atoms in total. The van der Waals surface area contributed by atoms with Crippen molar-refractivity contribution in [3.05, 3.63) is 29.6 Å². The van der Waals surface area contributed by atoms with E-state index in [1.165, 1.54) is 16.4 Å². The Bertz CT molecular complexity index is 665. The Morgan fingerprint density at radius 1 is 1.32 bits per heavy atom. The van der Waals surface area contributed by atoms with Crippen molar-refractivity contribution in [2.24, 2.45) is 0 Å². The number of halogens is 1. The van der Waals surface area contributed by atoms with Crippen LogP contribution in [0.4, 0.5) is 4.39 Å². The number of rotatable bonds is 2. The monoisotopic (exact) mass is 328 g/mol. The van der Waals surface area contributed by atoms with Gasteiger partial charge >= 0.3 is 0 Å². The molecule has 0 saturated carbocycles. The molecule has 0 aromatic heterocycles. The van der Waals surface area contributed by atoms with Crippen LogP contribution in [0.15, 0.2) is 23.1 Å². The number of fused-ring (bicyclic) bond motifs is 1. The van der Waals surface area contributed by atoms with Gasteiger partial charge < -0.3 is 4.74 Å². The minimum Gasteiger partial charge on any atom is -0.375 e. The maximum absolute atomic E-state index is 14.0. The molecule has 2 heterocycles. The number of aryl methyl sites for hydroxylation is 1. The van der Waals surface area contributed by atoms with Crippen LogP contribution in [0, 0.1) is 12.7 Å². The number of nitrogens with zero attached hydrogens (tertiary/aromatic N) is 2. The van der Waals surface area contributed by atoms with Crippen LogP contribution < -0.4 is 0 Å². The zero-order valence-electron chi connectivity index (χ0n) is 12.8. The summed E-state index contributed by atoms with van der Waals surface area (Å²) in [7, 11) is -1.84. The summed E-state index contributed by atoms with van der Waals surface area (Å²) >= 11 is 0. The number of piperidine rings is 1. The van der Waals surface area contributed by atoms with Gasteiger partial charge in [-0.2, -0.15) is 4.31 Å². The first-order chi connectivity index (χ1) is 10.4. The van der Waals surface area contributed by atoms with Crippen LogP contribution in [0.1, 0.15) is 12.0 Å². The average molecular weight is 328 g/mol. The Morgan fingerprint density at radius 2 is 2.09 bits per heavy atom. The van der Waals surface area contributed by atoms with Gasteiger partial charge in [-0.15, -0.1) is 0 Å². The number of hydrogen-bond donors (Lipinski definition) is 0. The summed E-state index contributed by atoms with van der Waals surface area (Å²) in [6.07, 6.45) is 0.703. The Morgan fingerprint density at radius 3 is 2.86 bits per heavy atom. The van der Waals surface area contributed by atoms with Crippen molar-refractivity contribution in [2.75, 3.05) is 33.3 Å². The molecule has 0 radical (unpaired) electrons. The molecular formula is C15H21FN2O3S. The van der Waals surface area contributed by atoms with Crippen molar-refractivity contribution in [2.45, 2.75) is 30.4 Å². The second-order valence-corrected chi connectivity index (χ2v) is 7.95. The van der Waals surface area contributed by atoms with Crippen LogP contribution in [0.2, 0.25) is 0 Å². The lowest BCUT2D eigenvalue weighted by Crippen LogP contribution is -2.59. The first kappa shape index (κ1) is 15.9. The minimum absolute atomic E-state index is 0.0325. The third-order valence-electron chi connectivity index (χ3n) is 4.53. The summed E-state index contributed by atoms with van der Waals surface area (Å²) in [5, 5.41) is 0. The molecule has 2 aliphatic rings. The number of hydrogen-bond acceptors (Lipinski definition) is 4. The average Bonchev–Trinajstić information content (AvgIpc) is 2.49. The van der Waals surface area contributed by atoms with E-state index < -0.39 is 15.8 Å². The van der Waals surface area contributed by atoms with Crippen molar-refractivity contribution in [1.82, 2.24) is 9.21 Å². The highest BCUT2D eigenvalue weighted by molar-refractivity contribution is 7.89. The van der Waals surface area contributed by atoms with Crippen LogP contribution in [-0.4, -0.2) is 63.1 Å². The van der Waals surface area contributed by atoms with Crippen LogP contribution >= 0.6 is 0 Å². The van der Waals surface area contributed by atoms with Crippen molar-refractivity contribution in [3.63, 3.8) is 0 Å². The molecule has 2 atom stereocenters. The van der Waals surface area contributed by atoms with Gasteiger partial charge in [0.15, 0.2) is 0 Å². The molecule has 2 fully saturated rings. The second-order valence-electron chi connectivity index (χ2n) is 6.04. The third kappa shape index (κ3) is 2.78. The Balaban J connectivity index is 1.88. The fourth-order valence-corrected chi connectivity index (χ4v) is 4.80. The summed E-state index contributed by atoms with van der Waals surface area (Å²) in [5.41, 5.74) is 0.730. The molecule has 1 aromatic carbocycles. The van der Waals surface area contributed by atoms with E-state index in [4.69, 9.17) is 4.74 Å². The highest BCUT2D eigenvalue weighted by Crippen LogP contribution is 2.27. The molecule has 2 aliphatic heterocycles. The molecule has 0 spiro atoms. The minimum atomic E-state index is -3.81. The number of benzene rings is 1. The van der Waals surface area contributed by atoms with Gasteiger partial charge in [0.1, 0.15) is 10.7 Å². The maximum Gasteiger partial charge on any atom is 0.246 e. The van der Waals surface area contributed by atoms with Crippen LogP contribution in [0.5, 0.6) is 0 Å². The Kier molecular flexibility index (Phi) is 4.24. The normalized spacial score (nSPS) is 27.6. The Labute approximate surface area is 130 Å². The molecule has 3 rings (SSSR count). The van der Waals surface area contributed by atoms with Gasteiger partial charge in [0.25, 0.3) is 0 Å². The number of likely N-dealkylation sites (N-methyl/N-ethyl adjacent to an activating group) is 1. The van der Waals surface area contributed by atoms with E-state index in [0.717, 1.165) is 12.1 Å². The largest absolute Gasteiger partial charge is 0.375 e. The molecule has 2 saturated heterocycles. The van der Waals surface area contributed by atoms with Crippen molar-refractivity contribution in [3.8, 4) is 0 Å². The molecule has 0 amide bonds. The molecule has 2 unspecified atom stereocenters. The van der Waals surface area contributed by atoms with E-state index in [0.29, 0.717) is 26.1 Å². The zero-order chi connectivity index (χ0) is 15.9. The molecule has 0 N–H and O–H groups in total. The molecule has 0 aliphatic carbocycles. The summed E-state index contributed by atoms with van der Waals surface area (Å²) < 4.78 is 46.6. The van der Waals surface area contributed by atoms with Crippen LogP contribution in [0.3, 0.4) is 0 Å². The lowest BCUT2D eigenvalue weighted by atomic mass is 10.0. The van der Waals surface area contributed by atoms with Crippen molar-refractivity contribution in [1.29, 1.82) is 0 Å². The predicted octanol–water partition coefficient (Wildman–Crippen LogP) is 1.23. The summed E-state index contributed by atoms with van der Waals surface area (Å²) in [6.45, 7) is 3.93. The van der Waals surface area contributed by atoms with Gasteiger partial charge in [0, 0.05) is 25.7 Å². The highest BCUT2D eigenvalue weighted by atomic mass is 32.2. The molecule has 0 bridgehead atoms. The molecule has 7 heteroatoms. The van der Waals surface area contributed by atoms with Gasteiger partial charge in [0.05, 0.1) is 12.7 Å². The van der Waals surface area contributed by atoms with E-state index >= 15 is 0 Å². The first-order valence-corrected chi connectivity index (χ1v) is 8.92. The third-order valence-corrected chi connectivity index (χ3v) is 6.41. The van der Waals surface area contributed by atoms with E-state index in [2.05, 4.69) is 4.90 Å². The van der Waals surface area contributed by atoms with E-state index in [9.17, 15) is 12.8 Å². The van der Waals surface area contributed by atoms with Crippen LogP contribution in [-0.2, 0) is 14.8 Å². The van der Waals surface area contributed by atoms with Crippen LogP contribution in [0.25, 0.3) is 0 Å². The van der Waals surface area contributed by atoms with E-state index in [1.54, 1.807) is 13.0 Å². The van der Waals surface area contributed by atoms with Crippen molar-refractivity contribution >= 4 is 10.0 Å². The maximum atomic E-state index is 14.0. The van der Waals surface area contributed by atoms with Gasteiger partial charge in [-0.1, -0.05) is 6.07 Å². The second kappa shape index (κ2) is 5.88. The molecule has 122 valence electrons. The van der Waals surface area contributed by atoms with Crippen molar-refractivity contribution < 1.29 is 17.5 Å². The summed E-state index contributed by atoms with van der Waals surface area (Å²) in [4.78, 5) is 1.90. The summed E-state index contributed by atoms with van der Waals surface area (Å²) in [5.74, 6) is -0.694. The number of morpholine rings is 1.